The number of aryl methyl sites for hydroxylation is 1. The lowest BCUT2D eigenvalue weighted by Gasteiger charge is -2.30. The lowest BCUT2D eigenvalue weighted by Crippen LogP contribution is -2.37. The van der Waals surface area contributed by atoms with Gasteiger partial charge in [-0.3, -0.25) is 0 Å². The van der Waals surface area contributed by atoms with Crippen molar-refractivity contribution in [3.05, 3.63) is 64.7 Å². The second-order valence-electron chi connectivity index (χ2n) is 7.05. The Morgan fingerprint density at radius 1 is 1.15 bits per heavy atom. The Balaban J connectivity index is 1.54. The van der Waals surface area contributed by atoms with Crippen LogP contribution in [0.5, 0.6) is 5.75 Å². The van der Waals surface area contributed by atoms with Crippen molar-refractivity contribution in [2.45, 2.75) is 57.9 Å². The van der Waals surface area contributed by atoms with Crippen molar-refractivity contribution in [1.82, 2.24) is 0 Å². The Bertz CT molecular complexity index is 772. The van der Waals surface area contributed by atoms with Gasteiger partial charge in [0.1, 0.15) is 24.1 Å². The number of fused-ring (bicyclic) bond motifs is 3. The minimum Gasteiger partial charge on any atom is -0.497 e. The highest BCUT2D eigenvalue weighted by atomic mass is 16.6. The SMILES string of the molecule is CC[C@H]1O[C@@H]2c3ccc(OC)cc3CO[C@@H]2[C@H]1OCc1ccccc1C. The van der Waals surface area contributed by atoms with Gasteiger partial charge in [-0.25, -0.2) is 0 Å². The summed E-state index contributed by atoms with van der Waals surface area (Å²) in [4.78, 5) is 0. The van der Waals surface area contributed by atoms with Crippen molar-refractivity contribution >= 4 is 0 Å². The predicted octanol–water partition coefficient (Wildman–Crippen LogP) is 4.34. The average molecular weight is 354 g/mol. The fourth-order valence-corrected chi connectivity index (χ4v) is 3.95. The first-order valence-electron chi connectivity index (χ1n) is 9.31. The molecular formula is C22H26O4. The molecule has 2 aliphatic rings. The zero-order valence-electron chi connectivity index (χ0n) is 15.6. The van der Waals surface area contributed by atoms with E-state index in [1.165, 1.54) is 16.7 Å². The second kappa shape index (κ2) is 7.39. The van der Waals surface area contributed by atoms with Crippen LogP contribution >= 0.6 is 0 Å². The Morgan fingerprint density at radius 3 is 2.77 bits per heavy atom. The fourth-order valence-electron chi connectivity index (χ4n) is 3.95. The molecule has 1 fully saturated rings. The summed E-state index contributed by atoms with van der Waals surface area (Å²) < 4.78 is 24.2. The molecule has 4 nitrogen and oxygen atoms in total. The van der Waals surface area contributed by atoms with Crippen LogP contribution in [0.2, 0.25) is 0 Å². The standard InChI is InChI=1S/C22H26O4/c1-4-19-21(24-12-15-8-6-5-7-14(15)2)22-20(26-19)18-10-9-17(23-3)11-16(18)13-25-22/h5-11,19-22H,4,12-13H2,1-3H3/t19-,20-,21+,22+/m1/s1. The van der Waals surface area contributed by atoms with Gasteiger partial charge in [0.05, 0.1) is 26.4 Å². The summed E-state index contributed by atoms with van der Waals surface area (Å²) in [6.07, 6.45) is 0.753. The van der Waals surface area contributed by atoms with E-state index in [0.29, 0.717) is 13.2 Å². The van der Waals surface area contributed by atoms with Gasteiger partial charge in [-0.05, 0) is 47.7 Å². The van der Waals surface area contributed by atoms with Crippen LogP contribution in [-0.4, -0.2) is 25.4 Å². The molecule has 0 radical (unpaired) electrons. The third kappa shape index (κ3) is 3.13. The number of benzene rings is 2. The van der Waals surface area contributed by atoms with E-state index >= 15 is 0 Å². The van der Waals surface area contributed by atoms with Crippen LogP contribution in [0.15, 0.2) is 42.5 Å². The monoisotopic (exact) mass is 354 g/mol. The first-order valence-corrected chi connectivity index (χ1v) is 9.31. The first kappa shape index (κ1) is 17.5. The van der Waals surface area contributed by atoms with Crippen molar-refractivity contribution in [3.63, 3.8) is 0 Å². The largest absolute Gasteiger partial charge is 0.497 e. The molecule has 138 valence electrons. The van der Waals surface area contributed by atoms with E-state index in [1.54, 1.807) is 7.11 Å². The van der Waals surface area contributed by atoms with Crippen molar-refractivity contribution in [2.24, 2.45) is 0 Å². The van der Waals surface area contributed by atoms with Gasteiger partial charge in [0, 0.05) is 0 Å². The van der Waals surface area contributed by atoms with Gasteiger partial charge in [-0.1, -0.05) is 37.3 Å². The summed E-state index contributed by atoms with van der Waals surface area (Å²) in [7, 11) is 1.68. The number of methoxy groups -OCH3 is 1. The van der Waals surface area contributed by atoms with Gasteiger partial charge >= 0.3 is 0 Å². The molecule has 26 heavy (non-hydrogen) atoms. The highest BCUT2D eigenvalue weighted by molar-refractivity contribution is 5.39. The Hall–Kier alpha value is -1.88. The molecule has 0 N–H and O–H groups in total. The molecule has 0 amide bonds. The first-order chi connectivity index (χ1) is 12.7. The molecule has 0 aliphatic carbocycles. The lowest BCUT2D eigenvalue weighted by molar-refractivity contribution is -0.0862. The maximum atomic E-state index is 6.35. The molecule has 4 heteroatoms. The Morgan fingerprint density at radius 2 is 2.00 bits per heavy atom. The summed E-state index contributed by atoms with van der Waals surface area (Å²) in [5.74, 6) is 0.850. The minimum absolute atomic E-state index is 0.0436. The molecule has 0 bridgehead atoms. The Kier molecular flexibility index (Phi) is 4.98. The summed E-state index contributed by atoms with van der Waals surface area (Å²) in [5.41, 5.74) is 4.80. The fraction of sp³-hybridized carbons (Fsp3) is 0.455. The number of rotatable bonds is 5. The summed E-state index contributed by atoms with van der Waals surface area (Å²) >= 11 is 0. The molecule has 0 spiro atoms. The van der Waals surface area contributed by atoms with E-state index in [2.05, 4.69) is 44.2 Å². The van der Waals surface area contributed by atoms with Crippen LogP contribution in [0.25, 0.3) is 0 Å². The van der Waals surface area contributed by atoms with Gasteiger partial charge < -0.3 is 18.9 Å². The molecule has 0 aromatic heterocycles. The van der Waals surface area contributed by atoms with Gasteiger partial charge in [0.15, 0.2) is 0 Å². The van der Waals surface area contributed by atoms with Crippen molar-refractivity contribution < 1.29 is 18.9 Å². The number of hydrogen-bond donors (Lipinski definition) is 0. The maximum absolute atomic E-state index is 6.35. The lowest BCUT2D eigenvalue weighted by atomic mass is 9.94. The molecule has 2 aliphatic heterocycles. The van der Waals surface area contributed by atoms with E-state index in [4.69, 9.17) is 18.9 Å². The molecule has 0 unspecified atom stereocenters. The van der Waals surface area contributed by atoms with Gasteiger partial charge in [-0.15, -0.1) is 0 Å². The maximum Gasteiger partial charge on any atom is 0.119 e. The third-order valence-electron chi connectivity index (χ3n) is 5.49. The minimum atomic E-state index is -0.0727. The molecular weight excluding hydrogens is 328 g/mol. The molecule has 2 aromatic carbocycles. The molecule has 2 aromatic rings. The molecule has 1 saturated heterocycles. The van der Waals surface area contributed by atoms with E-state index in [-0.39, 0.29) is 24.4 Å². The van der Waals surface area contributed by atoms with Crippen molar-refractivity contribution in [1.29, 1.82) is 0 Å². The predicted molar refractivity (Wildman–Crippen MR) is 99.2 cm³/mol. The van der Waals surface area contributed by atoms with E-state index < -0.39 is 0 Å². The summed E-state index contributed by atoms with van der Waals surface area (Å²) in [6.45, 7) is 5.41. The van der Waals surface area contributed by atoms with Crippen LogP contribution in [0, 0.1) is 6.92 Å². The number of hydrogen-bond acceptors (Lipinski definition) is 4. The topological polar surface area (TPSA) is 36.9 Å². The zero-order chi connectivity index (χ0) is 18.1. The smallest absolute Gasteiger partial charge is 0.119 e. The van der Waals surface area contributed by atoms with Crippen LogP contribution in [-0.2, 0) is 27.4 Å². The van der Waals surface area contributed by atoms with Crippen LogP contribution < -0.4 is 4.74 Å². The normalized spacial score (nSPS) is 27.0. The quantitative estimate of drug-likeness (QED) is 0.800. The second-order valence-corrected chi connectivity index (χ2v) is 7.05. The summed E-state index contributed by atoms with van der Waals surface area (Å²) in [6, 6.07) is 14.5. The van der Waals surface area contributed by atoms with E-state index in [9.17, 15) is 0 Å². The molecule has 4 atom stereocenters. The van der Waals surface area contributed by atoms with Gasteiger partial charge in [0.2, 0.25) is 0 Å². The molecule has 2 heterocycles. The Labute approximate surface area is 155 Å². The van der Waals surface area contributed by atoms with Crippen LogP contribution in [0.1, 0.15) is 41.7 Å². The number of ether oxygens (including phenoxy) is 4. The van der Waals surface area contributed by atoms with Crippen molar-refractivity contribution in [3.8, 4) is 5.75 Å². The van der Waals surface area contributed by atoms with E-state index in [0.717, 1.165) is 17.7 Å². The highest BCUT2D eigenvalue weighted by Crippen LogP contribution is 2.44. The van der Waals surface area contributed by atoms with Crippen molar-refractivity contribution in [2.75, 3.05) is 7.11 Å². The third-order valence-corrected chi connectivity index (χ3v) is 5.49. The molecule has 4 rings (SSSR count). The van der Waals surface area contributed by atoms with Crippen LogP contribution in [0.3, 0.4) is 0 Å². The average Bonchev–Trinajstić information content (AvgIpc) is 3.05. The van der Waals surface area contributed by atoms with Crippen LogP contribution in [0.4, 0.5) is 0 Å². The highest BCUT2D eigenvalue weighted by Gasteiger charge is 2.48. The summed E-state index contributed by atoms with van der Waals surface area (Å²) in [5, 5.41) is 0. The van der Waals surface area contributed by atoms with Gasteiger partial charge in [-0.2, -0.15) is 0 Å². The van der Waals surface area contributed by atoms with Gasteiger partial charge in [0.25, 0.3) is 0 Å². The van der Waals surface area contributed by atoms with E-state index in [1.807, 2.05) is 12.1 Å². The zero-order valence-corrected chi connectivity index (χ0v) is 15.6. The molecule has 0 saturated carbocycles.